The Kier molecular flexibility index (Phi) is 4.59. The molecule has 1 aromatic rings. The van der Waals surface area contributed by atoms with Crippen LogP contribution in [0.2, 0.25) is 0 Å². The van der Waals surface area contributed by atoms with E-state index in [1.54, 1.807) is 0 Å². The van der Waals surface area contributed by atoms with E-state index in [0.29, 0.717) is 12.8 Å². The minimum absolute atomic E-state index is 0.197. The third-order valence-electron chi connectivity index (χ3n) is 3.11. The molecule has 1 fully saturated rings. The van der Waals surface area contributed by atoms with Gasteiger partial charge in [-0.1, -0.05) is 36.8 Å². The number of benzene rings is 1. The van der Waals surface area contributed by atoms with E-state index in [4.69, 9.17) is 9.47 Å². The first-order valence-electron chi connectivity index (χ1n) is 6.31. The van der Waals surface area contributed by atoms with Crippen molar-refractivity contribution in [2.45, 2.75) is 44.5 Å². The lowest BCUT2D eigenvalue weighted by atomic mass is 9.95. The Labute approximate surface area is 107 Å². The fraction of sp³-hybridized carbons (Fsp3) is 0.500. The smallest absolute Gasteiger partial charge is 0.429 e. The van der Waals surface area contributed by atoms with Crippen molar-refractivity contribution in [3.05, 3.63) is 35.9 Å². The maximum Gasteiger partial charge on any atom is 0.508 e. The standard InChI is InChI=1S/C14H18O4/c15-12-8-4-5-9-13(12)18-14(16)17-10-11-6-2-1-3-7-11/h1-3,6-7,12-13,15H,4-5,8-10H2. The maximum atomic E-state index is 11.5. The van der Waals surface area contributed by atoms with Crippen LogP contribution in [-0.2, 0) is 16.1 Å². The average molecular weight is 250 g/mol. The molecule has 0 spiro atoms. The number of hydrogen-bond acceptors (Lipinski definition) is 4. The molecule has 1 N–H and O–H groups in total. The van der Waals surface area contributed by atoms with Gasteiger partial charge in [-0.05, 0) is 24.8 Å². The van der Waals surface area contributed by atoms with Crippen molar-refractivity contribution in [1.29, 1.82) is 0 Å². The predicted molar refractivity (Wildman–Crippen MR) is 66.0 cm³/mol. The molecule has 98 valence electrons. The lowest BCUT2D eigenvalue weighted by Crippen LogP contribution is -2.34. The quantitative estimate of drug-likeness (QED) is 0.838. The molecule has 18 heavy (non-hydrogen) atoms. The fourth-order valence-electron chi connectivity index (χ4n) is 2.09. The molecule has 0 aliphatic heterocycles. The molecule has 0 aromatic heterocycles. The first kappa shape index (κ1) is 12.9. The zero-order valence-electron chi connectivity index (χ0n) is 10.2. The van der Waals surface area contributed by atoms with Crippen molar-refractivity contribution < 1.29 is 19.4 Å². The van der Waals surface area contributed by atoms with Gasteiger partial charge in [0.25, 0.3) is 0 Å². The summed E-state index contributed by atoms with van der Waals surface area (Å²) < 4.78 is 10.1. The molecule has 4 heteroatoms. The second-order valence-corrected chi connectivity index (χ2v) is 4.53. The van der Waals surface area contributed by atoms with Gasteiger partial charge in [-0.2, -0.15) is 0 Å². The first-order chi connectivity index (χ1) is 8.75. The minimum atomic E-state index is -0.704. The molecule has 0 heterocycles. The average Bonchev–Trinajstić information content (AvgIpc) is 2.40. The Morgan fingerprint density at radius 1 is 1.22 bits per heavy atom. The number of aliphatic hydroxyl groups excluding tert-OH is 1. The van der Waals surface area contributed by atoms with Crippen LogP contribution in [0.4, 0.5) is 4.79 Å². The van der Waals surface area contributed by atoms with Crippen LogP contribution in [0.25, 0.3) is 0 Å². The molecule has 2 rings (SSSR count). The molecule has 0 radical (unpaired) electrons. The van der Waals surface area contributed by atoms with Crippen molar-refractivity contribution in [3.63, 3.8) is 0 Å². The van der Waals surface area contributed by atoms with Gasteiger partial charge in [0.15, 0.2) is 0 Å². The number of carbonyl (C=O) groups excluding carboxylic acids is 1. The molecule has 1 saturated carbocycles. The normalized spacial score (nSPS) is 23.4. The van der Waals surface area contributed by atoms with E-state index in [1.165, 1.54) is 0 Å². The van der Waals surface area contributed by atoms with Gasteiger partial charge in [-0.3, -0.25) is 0 Å². The van der Waals surface area contributed by atoms with Crippen molar-refractivity contribution in [2.75, 3.05) is 0 Å². The second-order valence-electron chi connectivity index (χ2n) is 4.53. The summed E-state index contributed by atoms with van der Waals surface area (Å²) in [5.74, 6) is 0. The van der Waals surface area contributed by atoms with Crippen LogP contribution in [0.15, 0.2) is 30.3 Å². The van der Waals surface area contributed by atoms with Crippen LogP contribution in [0.5, 0.6) is 0 Å². The monoisotopic (exact) mass is 250 g/mol. The van der Waals surface area contributed by atoms with Gasteiger partial charge in [-0.25, -0.2) is 4.79 Å². The summed E-state index contributed by atoms with van der Waals surface area (Å²) in [4.78, 5) is 11.5. The Hall–Kier alpha value is -1.55. The third-order valence-corrected chi connectivity index (χ3v) is 3.11. The third kappa shape index (κ3) is 3.74. The van der Waals surface area contributed by atoms with Gasteiger partial charge in [-0.15, -0.1) is 0 Å². The van der Waals surface area contributed by atoms with Crippen LogP contribution in [0, 0.1) is 0 Å². The van der Waals surface area contributed by atoms with Crippen LogP contribution < -0.4 is 0 Å². The van der Waals surface area contributed by atoms with Gasteiger partial charge in [0.2, 0.25) is 0 Å². The van der Waals surface area contributed by atoms with Gasteiger partial charge in [0.05, 0.1) is 6.10 Å². The number of rotatable bonds is 3. The highest BCUT2D eigenvalue weighted by molar-refractivity contribution is 5.60. The van der Waals surface area contributed by atoms with Crippen LogP contribution >= 0.6 is 0 Å². The zero-order valence-corrected chi connectivity index (χ0v) is 10.2. The lowest BCUT2D eigenvalue weighted by molar-refractivity contribution is -0.0510. The van der Waals surface area contributed by atoms with Gasteiger partial charge < -0.3 is 14.6 Å². The number of hydrogen-bond donors (Lipinski definition) is 1. The Balaban J connectivity index is 1.75. The molecule has 1 aliphatic rings. The molecule has 1 aromatic carbocycles. The zero-order chi connectivity index (χ0) is 12.8. The minimum Gasteiger partial charge on any atom is -0.429 e. The molecule has 2 unspecified atom stereocenters. The van der Waals surface area contributed by atoms with E-state index in [-0.39, 0.29) is 6.61 Å². The molecule has 0 amide bonds. The van der Waals surface area contributed by atoms with Gasteiger partial charge in [0.1, 0.15) is 12.7 Å². The van der Waals surface area contributed by atoms with E-state index in [9.17, 15) is 9.90 Å². The second kappa shape index (κ2) is 6.40. The van der Waals surface area contributed by atoms with Crippen molar-refractivity contribution >= 4 is 6.16 Å². The Morgan fingerprint density at radius 3 is 2.67 bits per heavy atom. The summed E-state index contributed by atoms with van der Waals surface area (Å²) in [7, 11) is 0. The fourth-order valence-corrected chi connectivity index (χ4v) is 2.09. The number of ether oxygens (including phenoxy) is 2. The SMILES string of the molecule is O=C(OCc1ccccc1)OC1CCCCC1O. The van der Waals surface area contributed by atoms with Crippen LogP contribution in [0.3, 0.4) is 0 Å². The maximum absolute atomic E-state index is 11.5. The molecule has 0 saturated heterocycles. The Morgan fingerprint density at radius 2 is 1.94 bits per heavy atom. The number of carbonyl (C=O) groups is 1. The molecular weight excluding hydrogens is 232 g/mol. The molecular formula is C14H18O4. The summed E-state index contributed by atoms with van der Waals surface area (Å²) in [5.41, 5.74) is 0.915. The summed E-state index contributed by atoms with van der Waals surface area (Å²) in [5, 5.41) is 9.67. The van der Waals surface area contributed by atoms with Crippen molar-refractivity contribution in [1.82, 2.24) is 0 Å². The molecule has 0 bridgehead atoms. The van der Waals surface area contributed by atoms with E-state index in [2.05, 4.69) is 0 Å². The summed E-state index contributed by atoms with van der Waals surface area (Å²) >= 11 is 0. The highest BCUT2D eigenvalue weighted by Gasteiger charge is 2.26. The van der Waals surface area contributed by atoms with Gasteiger partial charge >= 0.3 is 6.16 Å². The van der Waals surface area contributed by atoms with Gasteiger partial charge in [0, 0.05) is 0 Å². The van der Waals surface area contributed by atoms with E-state index >= 15 is 0 Å². The number of aliphatic hydroxyl groups is 1. The van der Waals surface area contributed by atoms with E-state index < -0.39 is 18.4 Å². The molecule has 4 nitrogen and oxygen atoms in total. The summed E-state index contributed by atoms with van der Waals surface area (Å²) in [6.45, 7) is 0.197. The molecule has 1 aliphatic carbocycles. The van der Waals surface area contributed by atoms with Crippen molar-refractivity contribution in [3.8, 4) is 0 Å². The van der Waals surface area contributed by atoms with E-state index in [0.717, 1.165) is 18.4 Å². The van der Waals surface area contributed by atoms with E-state index in [1.807, 2.05) is 30.3 Å². The highest BCUT2D eigenvalue weighted by atomic mass is 16.7. The summed E-state index contributed by atoms with van der Waals surface area (Å²) in [6, 6.07) is 9.43. The van der Waals surface area contributed by atoms with Crippen molar-refractivity contribution in [2.24, 2.45) is 0 Å². The summed E-state index contributed by atoms with van der Waals surface area (Å²) in [6.07, 6.45) is 1.70. The largest absolute Gasteiger partial charge is 0.508 e. The first-order valence-corrected chi connectivity index (χ1v) is 6.31. The van der Waals surface area contributed by atoms with Crippen LogP contribution in [0.1, 0.15) is 31.2 Å². The predicted octanol–water partition coefficient (Wildman–Crippen LogP) is 2.64. The highest BCUT2D eigenvalue weighted by Crippen LogP contribution is 2.21. The Bertz CT molecular complexity index is 377. The molecule has 2 atom stereocenters. The lowest BCUT2D eigenvalue weighted by Gasteiger charge is -2.26. The topological polar surface area (TPSA) is 55.8 Å². The van der Waals surface area contributed by atoms with Crippen LogP contribution in [-0.4, -0.2) is 23.5 Å².